The van der Waals surface area contributed by atoms with Crippen molar-refractivity contribution in [3.63, 3.8) is 0 Å². The number of unbranched alkanes of at least 4 members (excludes halogenated alkanes) is 18. The van der Waals surface area contributed by atoms with E-state index in [-0.39, 0.29) is 19.8 Å². The maximum absolute atomic E-state index is 13.6. The van der Waals surface area contributed by atoms with Gasteiger partial charge < -0.3 is 34.8 Å². The van der Waals surface area contributed by atoms with Crippen LogP contribution in [-0.4, -0.2) is 82.7 Å². The predicted octanol–water partition coefficient (Wildman–Crippen LogP) is 8.00. The number of hydrogen-bond donors (Lipinski definition) is 4. The minimum absolute atomic E-state index is 0.00600. The third-order valence-electron chi connectivity index (χ3n) is 9.42. The number of rotatable bonds is 27. The summed E-state index contributed by atoms with van der Waals surface area (Å²) in [5, 5.41) is 34.3. The molecule has 0 saturated carbocycles. The first-order valence-corrected chi connectivity index (χ1v) is 19.5. The fourth-order valence-electron chi connectivity index (χ4n) is 6.35. The number of carbonyl (C=O) groups is 2. The van der Waals surface area contributed by atoms with Crippen LogP contribution in [0.5, 0.6) is 0 Å². The van der Waals surface area contributed by atoms with Gasteiger partial charge in [0, 0.05) is 6.54 Å². The van der Waals surface area contributed by atoms with Crippen molar-refractivity contribution < 1.29 is 39.1 Å². The second-order valence-corrected chi connectivity index (χ2v) is 13.6. The molecule has 4 N–H and O–H groups in total. The average Bonchev–Trinajstić information content (AvgIpc) is 3.11. The zero-order chi connectivity index (χ0) is 35.5. The third-order valence-corrected chi connectivity index (χ3v) is 9.42. The number of carbonyl (C=O) groups excluding carboxylic acids is 2. The van der Waals surface area contributed by atoms with Gasteiger partial charge in [-0.05, 0) is 18.4 Å². The molecular formula is C39H68N2O8. The molecule has 0 spiro atoms. The Morgan fingerprint density at radius 2 is 1.22 bits per heavy atom. The van der Waals surface area contributed by atoms with Gasteiger partial charge in [0.2, 0.25) is 0 Å². The van der Waals surface area contributed by atoms with Gasteiger partial charge in [0.15, 0.2) is 6.23 Å². The molecule has 1 aliphatic heterocycles. The Morgan fingerprint density at radius 1 is 0.714 bits per heavy atom. The van der Waals surface area contributed by atoms with Crippen LogP contribution in [0.3, 0.4) is 0 Å². The smallest absolute Gasteiger partial charge is 0.411 e. The van der Waals surface area contributed by atoms with E-state index in [0.29, 0.717) is 6.42 Å². The van der Waals surface area contributed by atoms with E-state index in [4.69, 9.17) is 14.2 Å². The zero-order valence-electron chi connectivity index (χ0n) is 30.6. The van der Waals surface area contributed by atoms with Crippen molar-refractivity contribution in [2.45, 2.75) is 179 Å². The van der Waals surface area contributed by atoms with Crippen molar-refractivity contribution in [1.82, 2.24) is 10.2 Å². The largest absolute Gasteiger partial charge is 0.449 e. The molecule has 1 fully saturated rings. The van der Waals surface area contributed by atoms with E-state index in [0.717, 1.165) is 44.1 Å². The van der Waals surface area contributed by atoms with Gasteiger partial charge in [0.1, 0.15) is 31.0 Å². The Hall–Kier alpha value is -2.40. The number of ether oxygens (including phenoxy) is 3. The Kier molecular flexibility index (Phi) is 23.9. The number of alkyl carbamates (subject to hydrolysis) is 1. The standard InChI is InChI=1S/C39H68N2O8/c1-3-5-7-9-11-13-15-17-19-24-28-41(39(46)47-29-25-20-18-16-14-12-10-8-6-4-2)37-34(36(44)35(43)33(30-42)49-37)40-38(45)48-31-32-26-22-21-23-27-32/h21-23,26-27,33-37,42-44H,3-20,24-25,28-31H2,1-2H3,(H,40,45)/t33-,34-,35-,36-,37-/m1/s1. The highest BCUT2D eigenvalue weighted by Crippen LogP contribution is 2.26. The van der Waals surface area contributed by atoms with Crippen LogP contribution < -0.4 is 5.32 Å². The van der Waals surface area contributed by atoms with Crippen LogP contribution in [0.15, 0.2) is 30.3 Å². The summed E-state index contributed by atoms with van der Waals surface area (Å²) in [5.74, 6) is 0. The van der Waals surface area contributed by atoms with E-state index >= 15 is 0 Å². The van der Waals surface area contributed by atoms with E-state index < -0.39 is 49.4 Å². The molecule has 0 aliphatic carbocycles. The minimum Gasteiger partial charge on any atom is -0.449 e. The van der Waals surface area contributed by atoms with Crippen molar-refractivity contribution in [2.24, 2.45) is 0 Å². The maximum atomic E-state index is 13.6. The first-order chi connectivity index (χ1) is 23.9. The molecule has 1 aliphatic rings. The molecule has 5 atom stereocenters. The van der Waals surface area contributed by atoms with E-state index in [9.17, 15) is 24.9 Å². The molecule has 1 saturated heterocycles. The summed E-state index contributed by atoms with van der Waals surface area (Å²) in [7, 11) is 0. The molecule has 0 aromatic heterocycles. The fraction of sp³-hybridized carbons (Fsp3) is 0.795. The molecular weight excluding hydrogens is 624 g/mol. The maximum Gasteiger partial charge on any atom is 0.411 e. The topological polar surface area (TPSA) is 138 Å². The predicted molar refractivity (Wildman–Crippen MR) is 193 cm³/mol. The monoisotopic (exact) mass is 692 g/mol. The Bertz CT molecular complexity index is 968. The van der Waals surface area contributed by atoms with E-state index in [1.54, 1.807) is 0 Å². The number of nitrogens with one attached hydrogen (secondary N) is 1. The Morgan fingerprint density at radius 3 is 1.76 bits per heavy atom. The molecule has 0 radical (unpaired) electrons. The average molecular weight is 693 g/mol. The molecule has 0 unspecified atom stereocenters. The Balaban J connectivity index is 1.99. The number of benzene rings is 1. The first-order valence-electron chi connectivity index (χ1n) is 19.5. The van der Waals surface area contributed by atoms with Gasteiger partial charge in [-0.1, -0.05) is 160 Å². The van der Waals surface area contributed by atoms with Crippen molar-refractivity contribution in [3.8, 4) is 0 Å². The van der Waals surface area contributed by atoms with Crippen LogP contribution in [0.4, 0.5) is 9.59 Å². The molecule has 1 aromatic rings. The van der Waals surface area contributed by atoms with E-state index in [1.807, 2.05) is 30.3 Å². The van der Waals surface area contributed by atoms with Gasteiger partial charge in [-0.25, -0.2) is 9.59 Å². The van der Waals surface area contributed by atoms with Crippen molar-refractivity contribution in [2.75, 3.05) is 19.8 Å². The number of aliphatic hydroxyl groups is 3. The fourth-order valence-corrected chi connectivity index (χ4v) is 6.35. The number of aliphatic hydroxyl groups excluding tert-OH is 3. The van der Waals surface area contributed by atoms with E-state index in [1.165, 1.54) is 88.4 Å². The van der Waals surface area contributed by atoms with Crippen LogP contribution in [-0.2, 0) is 20.8 Å². The van der Waals surface area contributed by atoms with Crippen LogP contribution in [0, 0.1) is 0 Å². The highest BCUT2D eigenvalue weighted by Gasteiger charge is 2.48. The zero-order valence-corrected chi connectivity index (χ0v) is 30.6. The summed E-state index contributed by atoms with van der Waals surface area (Å²) in [4.78, 5) is 27.9. The summed E-state index contributed by atoms with van der Waals surface area (Å²) < 4.78 is 17.1. The van der Waals surface area contributed by atoms with Crippen LogP contribution in [0.2, 0.25) is 0 Å². The van der Waals surface area contributed by atoms with Crippen molar-refractivity contribution >= 4 is 12.2 Å². The molecule has 2 amide bonds. The van der Waals surface area contributed by atoms with Gasteiger partial charge >= 0.3 is 12.2 Å². The number of amides is 2. The molecule has 10 nitrogen and oxygen atoms in total. The van der Waals surface area contributed by atoms with Gasteiger partial charge in [0.25, 0.3) is 0 Å². The summed E-state index contributed by atoms with van der Waals surface area (Å²) in [6.07, 6.45) is 16.2. The molecule has 10 heteroatoms. The van der Waals surface area contributed by atoms with Gasteiger partial charge in [-0.2, -0.15) is 0 Å². The van der Waals surface area contributed by atoms with Crippen LogP contribution in [0.25, 0.3) is 0 Å². The lowest BCUT2D eigenvalue weighted by atomic mass is 9.95. The van der Waals surface area contributed by atoms with Crippen molar-refractivity contribution in [3.05, 3.63) is 35.9 Å². The lowest BCUT2D eigenvalue weighted by Crippen LogP contribution is -2.69. The number of nitrogens with zero attached hydrogens (tertiary/aromatic N) is 1. The minimum atomic E-state index is -1.52. The summed E-state index contributed by atoms with van der Waals surface area (Å²) >= 11 is 0. The quantitative estimate of drug-likeness (QED) is 0.0681. The number of hydrogen-bond acceptors (Lipinski definition) is 8. The van der Waals surface area contributed by atoms with Gasteiger partial charge in [-0.15, -0.1) is 0 Å². The second-order valence-electron chi connectivity index (χ2n) is 13.6. The molecule has 282 valence electrons. The lowest BCUT2D eigenvalue weighted by Gasteiger charge is -2.46. The molecule has 49 heavy (non-hydrogen) atoms. The van der Waals surface area contributed by atoms with E-state index in [2.05, 4.69) is 19.2 Å². The van der Waals surface area contributed by atoms with Crippen molar-refractivity contribution in [1.29, 1.82) is 0 Å². The summed E-state index contributed by atoms with van der Waals surface area (Å²) in [5.41, 5.74) is 0.785. The molecule has 0 bridgehead atoms. The molecule has 1 aromatic carbocycles. The second kappa shape index (κ2) is 27.3. The molecule has 2 rings (SSSR count). The van der Waals surface area contributed by atoms with Gasteiger partial charge in [-0.3, -0.25) is 4.90 Å². The first kappa shape index (κ1) is 42.8. The third kappa shape index (κ3) is 17.9. The van der Waals surface area contributed by atoms with Crippen LogP contribution >= 0.6 is 0 Å². The normalized spacial score (nSPS) is 20.6. The summed E-state index contributed by atoms with van der Waals surface area (Å²) in [6, 6.07) is 7.97. The lowest BCUT2D eigenvalue weighted by molar-refractivity contribution is -0.225. The Labute approximate surface area is 296 Å². The van der Waals surface area contributed by atoms with Crippen LogP contribution in [0.1, 0.15) is 148 Å². The SMILES string of the molecule is CCCCCCCCCCCCOC(=O)N(CCCCCCCCCCCC)[C@@H]1O[C@H](CO)[C@@H](O)[C@H](O)[C@H]1NC(=O)OCc1ccccc1. The highest BCUT2D eigenvalue weighted by molar-refractivity contribution is 5.69. The molecule has 1 heterocycles. The highest BCUT2D eigenvalue weighted by atomic mass is 16.6. The summed E-state index contributed by atoms with van der Waals surface area (Å²) in [6.45, 7) is 4.41. The van der Waals surface area contributed by atoms with Gasteiger partial charge in [0.05, 0.1) is 13.2 Å².